The zero-order valence-corrected chi connectivity index (χ0v) is 12.2. The fourth-order valence-corrected chi connectivity index (χ4v) is 3.64. The van der Waals surface area contributed by atoms with E-state index in [1.54, 1.807) is 0 Å². The predicted molar refractivity (Wildman–Crippen MR) is 78.1 cm³/mol. The van der Waals surface area contributed by atoms with Crippen molar-refractivity contribution in [3.8, 4) is 0 Å². The van der Waals surface area contributed by atoms with Crippen molar-refractivity contribution in [1.82, 2.24) is 0 Å². The van der Waals surface area contributed by atoms with Gasteiger partial charge in [0.15, 0.2) is 0 Å². The van der Waals surface area contributed by atoms with Gasteiger partial charge in [0.25, 0.3) is 10.0 Å². The van der Waals surface area contributed by atoms with E-state index in [-0.39, 0.29) is 26.3 Å². The number of sulfonamides is 1. The van der Waals surface area contributed by atoms with E-state index in [0.717, 1.165) is 12.1 Å². The van der Waals surface area contributed by atoms with Crippen LogP contribution < -0.4 is 10.5 Å². The van der Waals surface area contributed by atoms with E-state index in [2.05, 4.69) is 4.72 Å². The minimum atomic E-state index is -3.99. The highest BCUT2D eigenvalue weighted by atomic mass is 35.5. The zero-order chi connectivity index (χ0) is 14.9. The summed E-state index contributed by atoms with van der Waals surface area (Å²) in [6, 6.07) is 7.39. The molecule has 0 fully saturated rings. The maximum Gasteiger partial charge on any atom is 0.265 e. The fourth-order valence-electron chi connectivity index (χ4n) is 1.59. The van der Waals surface area contributed by atoms with E-state index in [4.69, 9.17) is 28.9 Å². The molecule has 0 aliphatic heterocycles. The Balaban J connectivity index is 2.43. The number of rotatable bonds is 3. The Morgan fingerprint density at radius 1 is 1.10 bits per heavy atom. The molecule has 0 aromatic heterocycles. The van der Waals surface area contributed by atoms with Gasteiger partial charge < -0.3 is 5.73 Å². The van der Waals surface area contributed by atoms with Crippen LogP contribution in [0.1, 0.15) is 0 Å². The molecule has 0 spiro atoms. The van der Waals surface area contributed by atoms with Gasteiger partial charge in [0.1, 0.15) is 10.7 Å². The number of nitrogens with one attached hydrogen (secondary N) is 1. The zero-order valence-electron chi connectivity index (χ0n) is 9.90. The van der Waals surface area contributed by atoms with E-state index in [0.29, 0.717) is 0 Å². The van der Waals surface area contributed by atoms with Crippen molar-refractivity contribution >= 4 is 44.6 Å². The lowest BCUT2D eigenvalue weighted by atomic mass is 10.3. The van der Waals surface area contributed by atoms with Crippen molar-refractivity contribution < 1.29 is 12.8 Å². The number of halogens is 3. The monoisotopic (exact) mass is 334 g/mol. The van der Waals surface area contributed by atoms with Gasteiger partial charge in [0.05, 0.1) is 10.7 Å². The van der Waals surface area contributed by atoms with Crippen LogP contribution in [0.3, 0.4) is 0 Å². The summed E-state index contributed by atoms with van der Waals surface area (Å²) in [5, 5.41) is 0.137. The minimum absolute atomic E-state index is 0.0721. The average Bonchev–Trinajstić information content (AvgIpc) is 2.30. The topological polar surface area (TPSA) is 72.2 Å². The van der Waals surface area contributed by atoms with Gasteiger partial charge in [-0.15, -0.1) is 0 Å². The van der Waals surface area contributed by atoms with E-state index < -0.39 is 15.8 Å². The van der Waals surface area contributed by atoms with Gasteiger partial charge in [0, 0.05) is 10.7 Å². The molecule has 0 saturated heterocycles. The first-order valence-electron chi connectivity index (χ1n) is 5.32. The summed E-state index contributed by atoms with van der Waals surface area (Å²) in [6.07, 6.45) is 0. The molecule has 0 amide bonds. The summed E-state index contributed by atoms with van der Waals surface area (Å²) in [6.45, 7) is 0. The van der Waals surface area contributed by atoms with Crippen molar-refractivity contribution in [2.45, 2.75) is 4.90 Å². The molecule has 20 heavy (non-hydrogen) atoms. The van der Waals surface area contributed by atoms with Crippen LogP contribution in [-0.2, 0) is 10.0 Å². The number of hydrogen-bond acceptors (Lipinski definition) is 3. The lowest BCUT2D eigenvalue weighted by molar-refractivity contribution is 0.601. The highest BCUT2D eigenvalue weighted by Crippen LogP contribution is 2.32. The van der Waals surface area contributed by atoms with Crippen LogP contribution in [0.2, 0.25) is 10.0 Å². The lowest BCUT2D eigenvalue weighted by Crippen LogP contribution is -2.15. The molecule has 0 heterocycles. The first-order chi connectivity index (χ1) is 9.29. The minimum Gasteiger partial charge on any atom is -0.398 e. The molecule has 4 nitrogen and oxygen atoms in total. The molecule has 3 N–H and O–H groups in total. The molecule has 2 aromatic rings. The molecule has 2 aromatic carbocycles. The van der Waals surface area contributed by atoms with Crippen LogP contribution in [0.25, 0.3) is 0 Å². The molecule has 106 valence electrons. The largest absolute Gasteiger partial charge is 0.398 e. The van der Waals surface area contributed by atoms with E-state index in [1.807, 2.05) is 0 Å². The third-order valence-corrected chi connectivity index (χ3v) is 4.53. The summed E-state index contributed by atoms with van der Waals surface area (Å²) < 4.78 is 39.5. The molecule has 0 aliphatic carbocycles. The fraction of sp³-hybridized carbons (Fsp3) is 0. The van der Waals surface area contributed by atoms with Crippen molar-refractivity contribution in [3.63, 3.8) is 0 Å². The number of hydrogen-bond donors (Lipinski definition) is 2. The number of nitrogens with two attached hydrogens (primary N) is 1. The van der Waals surface area contributed by atoms with Crippen molar-refractivity contribution in [2.75, 3.05) is 10.5 Å². The van der Waals surface area contributed by atoms with Crippen LogP contribution in [0, 0.1) is 5.82 Å². The Morgan fingerprint density at radius 2 is 1.70 bits per heavy atom. The summed E-state index contributed by atoms with van der Waals surface area (Å²) in [7, 11) is -3.99. The van der Waals surface area contributed by atoms with Crippen molar-refractivity contribution in [1.29, 1.82) is 0 Å². The molecule has 0 saturated carbocycles. The average molecular weight is 335 g/mol. The second-order valence-electron chi connectivity index (χ2n) is 3.92. The van der Waals surface area contributed by atoms with Crippen LogP contribution in [0.15, 0.2) is 41.3 Å². The highest BCUT2D eigenvalue weighted by Gasteiger charge is 2.22. The first kappa shape index (κ1) is 14.9. The summed E-state index contributed by atoms with van der Waals surface area (Å²) in [5.74, 6) is -0.475. The van der Waals surface area contributed by atoms with Gasteiger partial charge in [-0.05, 0) is 36.4 Å². The summed E-state index contributed by atoms with van der Waals surface area (Å²) in [4.78, 5) is -0.270. The van der Waals surface area contributed by atoms with Gasteiger partial charge in [-0.1, -0.05) is 23.2 Å². The number of anilines is 2. The molecule has 8 heteroatoms. The molecule has 0 atom stereocenters. The molecule has 2 rings (SSSR count). The van der Waals surface area contributed by atoms with Crippen molar-refractivity contribution in [2.24, 2.45) is 0 Å². The van der Waals surface area contributed by atoms with Crippen LogP contribution in [0.4, 0.5) is 15.8 Å². The van der Waals surface area contributed by atoms with E-state index >= 15 is 0 Å². The third kappa shape index (κ3) is 3.15. The SMILES string of the molecule is Nc1cc(Cl)cc(Cl)c1S(=O)(=O)Nc1ccc(F)cc1. The third-order valence-electron chi connectivity index (χ3n) is 2.40. The second kappa shape index (κ2) is 5.47. The molecule has 0 radical (unpaired) electrons. The van der Waals surface area contributed by atoms with Gasteiger partial charge in [-0.3, -0.25) is 4.72 Å². The highest BCUT2D eigenvalue weighted by molar-refractivity contribution is 7.93. The molecule has 0 unspecified atom stereocenters. The van der Waals surface area contributed by atoms with Crippen LogP contribution in [0.5, 0.6) is 0 Å². The lowest BCUT2D eigenvalue weighted by Gasteiger charge is -2.12. The number of nitrogen functional groups attached to an aromatic ring is 1. The standard InChI is InChI=1S/C12H9Cl2FN2O2S/c13-7-5-10(14)12(11(16)6-7)20(18,19)17-9-3-1-8(15)2-4-9/h1-6,17H,16H2. The van der Waals surface area contributed by atoms with E-state index in [1.165, 1.54) is 24.3 Å². The smallest absolute Gasteiger partial charge is 0.265 e. The van der Waals surface area contributed by atoms with Gasteiger partial charge in [0.2, 0.25) is 0 Å². The quantitative estimate of drug-likeness (QED) is 0.843. The Morgan fingerprint density at radius 3 is 2.25 bits per heavy atom. The first-order valence-corrected chi connectivity index (χ1v) is 7.56. The van der Waals surface area contributed by atoms with Crippen LogP contribution in [-0.4, -0.2) is 8.42 Å². The maximum atomic E-state index is 12.8. The molecular formula is C12H9Cl2FN2O2S. The normalized spacial score (nSPS) is 11.3. The summed E-state index contributed by atoms with van der Waals surface area (Å²) >= 11 is 11.6. The number of benzene rings is 2. The van der Waals surface area contributed by atoms with Gasteiger partial charge in [-0.2, -0.15) is 0 Å². The Labute approximate surface area is 125 Å². The van der Waals surface area contributed by atoms with Gasteiger partial charge in [-0.25, -0.2) is 12.8 Å². The van der Waals surface area contributed by atoms with Crippen molar-refractivity contribution in [3.05, 3.63) is 52.3 Å². The Bertz CT molecular complexity index is 726. The molecule has 0 aliphatic rings. The Kier molecular flexibility index (Phi) is 4.08. The second-order valence-corrected chi connectivity index (χ2v) is 6.38. The molecule has 0 bridgehead atoms. The van der Waals surface area contributed by atoms with Gasteiger partial charge >= 0.3 is 0 Å². The van der Waals surface area contributed by atoms with Crippen LogP contribution >= 0.6 is 23.2 Å². The Hall–Kier alpha value is -1.50. The maximum absolute atomic E-state index is 12.8. The predicted octanol–water partition coefficient (Wildman–Crippen LogP) is 3.52. The molecular weight excluding hydrogens is 326 g/mol. The van der Waals surface area contributed by atoms with E-state index in [9.17, 15) is 12.8 Å². The summed E-state index contributed by atoms with van der Waals surface area (Å²) in [5.41, 5.74) is 5.76.